The molecule has 1 saturated heterocycles. The third kappa shape index (κ3) is 6.06. The van der Waals surface area contributed by atoms with Crippen LogP contribution in [0.4, 0.5) is 0 Å². The van der Waals surface area contributed by atoms with Crippen LogP contribution in [0.3, 0.4) is 0 Å². The van der Waals surface area contributed by atoms with E-state index < -0.39 is 20.7 Å². The molecule has 1 aliphatic heterocycles. The normalized spacial score (nSPS) is 42.8. The van der Waals surface area contributed by atoms with Gasteiger partial charge in [-0.05, 0) is 66.1 Å². The van der Waals surface area contributed by atoms with Gasteiger partial charge in [0.25, 0.3) is 0 Å². The van der Waals surface area contributed by atoms with E-state index in [2.05, 4.69) is 62.5 Å². The number of rotatable bonds is 9. The van der Waals surface area contributed by atoms with Gasteiger partial charge in [0, 0.05) is 27.2 Å². The summed E-state index contributed by atoms with van der Waals surface area (Å²) >= 11 is 3.98. The molecule has 41 heavy (non-hydrogen) atoms. The Kier molecular flexibility index (Phi) is 10.4. The van der Waals surface area contributed by atoms with E-state index >= 15 is 0 Å². The van der Waals surface area contributed by atoms with Gasteiger partial charge in [0.2, 0.25) is 0 Å². The van der Waals surface area contributed by atoms with Crippen molar-refractivity contribution in [3.05, 3.63) is 23.2 Å². The van der Waals surface area contributed by atoms with E-state index in [0.29, 0.717) is 5.92 Å². The first-order valence-corrected chi connectivity index (χ1v) is 18.6. The Bertz CT molecular complexity index is 982. The molecule has 0 aromatic carbocycles. The summed E-state index contributed by atoms with van der Waals surface area (Å²) in [5, 5.41) is 0.0258. The summed E-state index contributed by atoms with van der Waals surface area (Å²) in [7, 11) is 4.27. The molecule has 0 aromatic rings. The molecule has 3 fully saturated rings. The van der Waals surface area contributed by atoms with Crippen molar-refractivity contribution in [1.29, 1.82) is 0 Å². The van der Waals surface area contributed by atoms with E-state index in [0.717, 1.165) is 17.3 Å². The molecule has 8 nitrogen and oxygen atoms in total. The molecule has 1 heterocycles. The molecule has 13 atom stereocenters. The summed E-state index contributed by atoms with van der Waals surface area (Å²) < 4.78 is 44.4. The largest absolute Gasteiger partial charge is 0.469 e. The number of ether oxygens (including phenoxy) is 6. The Labute approximate surface area is 256 Å². The fourth-order valence-corrected chi connectivity index (χ4v) is 9.84. The molecule has 4 rings (SSSR count). The highest BCUT2D eigenvalue weighted by Crippen LogP contribution is 2.60. The molecule has 0 radical (unpaired) electrons. The molecular weight excluding hydrogens is 608 g/mol. The number of halogens is 1. The first-order valence-electron chi connectivity index (χ1n) is 14.9. The van der Waals surface area contributed by atoms with Gasteiger partial charge in [-0.15, -0.1) is 6.58 Å². The lowest BCUT2D eigenvalue weighted by molar-refractivity contribution is -0.318. The molecule has 0 N–H and O–H groups in total. The van der Waals surface area contributed by atoms with Crippen molar-refractivity contribution in [2.45, 2.75) is 102 Å². The molecule has 10 heteroatoms. The molecule has 0 aromatic heterocycles. The summed E-state index contributed by atoms with van der Waals surface area (Å²) in [6.45, 7) is 17.4. The van der Waals surface area contributed by atoms with Gasteiger partial charge >= 0.3 is 5.97 Å². The van der Waals surface area contributed by atoms with Crippen LogP contribution in [-0.2, 0) is 37.6 Å². The topological polar surface area (TPSA) is 81.7 Å². The summed E-state index contributed by atoms with van der Waals surface area (Å²) in [5.74, 6) is 0.563. The Morgan fingerprint density at radius 3 is 2.20 bits per heavy atom. The van der Waals surface area contributed by atoms with Crippen LogP contribution < -0.4 is 0 Å². The number of carbonyl (C=O) groups excluding carboxylic acids is 1. The minimum Gasteiger partial charge on any atom is -0.469 e. The van der Waals surface area contributed by atoms with Gasteiger partial charge in [0.15, 0.2) is 14.6 Å². The van der Waals surface area contributed by atoms with Crippen LogP contribution in [0.1, 0.15) is 40.5 Å². The van der Waals surface area contributed by atoms with Crippen molar-refractivity contribution in [2.75, 3.05) is 28.4 Å². The molecule has 2 saturated carbocycles. The predicted molar refractivity (Wildman–Crippen MR) is 163 cm³/mol. The highest BCUT2D eigenvalue weighted by molar-refractivity contribution is 9.11. The van der Waals surface area contributed by atoms with Crippen LogP contribution in [0, 0.1) is 35.5 Å². The summed E-state index contributed by atoms with van der Waals surface area (Å²) in [5.41, 5.74) is 0. The number of carbonyl (C=O) groups is 1. The standard InChI is InChI=1S/C31H51BrO8Si/c1-12-17-19-14-22(32)24-20(18(19)13-21(17)29(33)37-9)15-23(26(24)40-41(10,11)31(3,4)5)39-30-28(36-8)27(35-7)25(34-6)16(2)38-30/h12,14,16-21,23-28,30H,1,13,15H2,2-11H3/t16-,17-,18+,19-,20-,21+,23-,24+,25-,26-,27+,28+,30-/m0/s1. The molecule has 0 unspecified atom stereocenters. The second-order valence-electron chi connectivity index (χ2n) is 13.7. The maximum Gasteiger partial charge on any atom is 0.309 e. The molecule has 3 aliphatic carbocycles. The number of allylic oxidation sites excluding steroid dienone is 2. The smallest absolute Gasteiger partial charge is 0.309 e. The summed E-state index contributed by atoms with van der Waals surface area (Å²) in [6.07, 6.45) is 3.42. The Morgan fingerprint density at radius 2 is 1.66 bits per heavy atom. The number of methoxy groups -OCH3 is 4. The van der Waals surface area contributed by atoms with Gasteiger partial charge in [0.1, 0.15) is 18.3 Å². The molecule has 0 bridgehead atoms. The monoisotopic (exact) mass is 658 g/mol. The second-order valence-corrected chi connectivity index (χ2v) is 19.4. The van der Waals surface area contributed by atoms with Gasteiger partial charge in [-0.2, -0.15) is 0 Å². The summed E-state index contributed by atoms with van der Waals surface area (Å²) in [4.78, 5) is 12.8. The summed E-state index contributed by atoms with van der Waals surface area (Å²) in [6, 6.07) is 0. The van der Waals surface area contributed by atoms with Crippen LogP contribution in [0.15, 0.2) is 23.2 Å². The van der Waals surface area contributed by atoms with E-state index in [4.69, 9.17) is 32.8 Å². The first-order chi connectivity index (χ1) is 19.2. The van der Waals surface area contributed by atoms with Crippen LogP contribution >= 0.6 is 15.9 Å². The highest BCUT2D eigenvalue weighted by Gasteiger charge is 2.60. The van der Waals surface area contributed by atoms with Crippen LogP contribution in [-0.4, -0.2) is 85.6 Å². The van der Waals surface area contributed by atoms with Crippen molar-refractivity contribution < 1.29 is 37.6 Å². The Balaban J connectivity index is 1.69. The fraction of sp³-hybridized carbons (Fsp3) is 0.839. The van der Waals surface area contributed by atoms with E-state index in [1.165, 1.54) is 7.11 Å². The van der Waals surface area contributed by atoms with Gasteiger partial charge in [-0.1, -0.05) is 48.9 Å². The van der Waals surface area contributed by atoms with Crippen molar-refractivity contribution in [1.82, 2.24) is 0 Å². The van der Waals surface area contributed by atoms with E-state index in [1.54, 1.807) is 21.3 Å². The average Bonchev–Trinajstić information content (AvgIpc) is 3.45. The minimum absolute atomic E-state index is 0.0258. The van der Waals surface area contributed by atoms with Crippen LogP contribution in [0.25, 0.3) is 0 Å². The van der Waals surface area contributed by atoms with Gasteiger partial charge in [-0.3, -0.25) is 4.79 Å². The molecular formula is C31H51BrO8Si. The SMILES string of the molecule is C=C[C@H]1[C@@H]2C=C(Br)[C@H]3[C@@H](C[C@H](O[C@@H]4O[C@@H](C)[C@H](OC)[C@@H](OC)[C@H]4OC)[C@@H]3O[Si](C)(C)C(C)(C)C)[C@@H]2C[C@H]1C(=O)OC. The molecule has 0 amide bonds. The van der Waals surface area contributed by atoms with E-state index in [1.807, 2.05) is 13.0 Å². The van der Waals surface area contributed by atoms with Crippen LogP contribution in [0.2, 0.25) is 18.1 Å². The lowest BCUT2D eigenvalue weighted by Crippen LogP contribution is -2.60. The van der Waals surface area contributed by atoms with Crippen molar-refractivity contribution in [3.8, 4) is 0 Å². The molecule has 234 valence electrons. The van der Waals surface area contributed by atoms with Gasteiger partial charge in [0.05, 0.1) is 31.3 Å². The zero-order valence-corrected chi connectivity index (χ0v) is 29.0. The van der Waals surface area contributed by atoms with Crippen molar-refractivity contribution in [2.24, 2.45) is 35.5 Å². The minimum atomic E-state index is -2.19. The maximum absolute atomic E-state index is 12.8. The fourth-order valence-electron chi connectivity index (χ4n) is 7.60. The number of esters is 1. The van der Waals surface area contributed by atoms with Gasteiger partial charge < -0.3 is 32.8 Å². The molecule has 0 spiro atoms. The lowest BCUT2D eigenvalue weighted by Gasteiger charge is -2.46. The quantitative estimate of drug-likeness (QED) is 0.177. The lowest BCUT2D eigenvalue weighted by atomic mass is 9.71. The van der Waals surface area contributed by atoms with Crippen molar-refractivity contribution in [3.63, 3.8) is 0 Å². The maximum atomic E-state index is 12.8. The van der Waals surface area contributed by atoms with E-state index in [-0.39, 0.29) is 71.1 Å². The Hall–Kier alpha value is -0.593. The highest BCUT2D eigenvalue weighted by atomic mass is 79.9. The number of hydrogen-bond donors (Lipinski definition) is 0. The third-order valence-corrected chi connectivity index (χ3v) is 16.0. The zero-order chi connectivity index (χ0) is 30.4. The number of fused-ring (bicyclic) bond motifs is 3. The first kappa shape index (κ1) is 33.3. The third-order valence-electron chi connectivity index (χ3n) is 10.7. The Morgan fingerprint density at radius 1 is 1.02 bits per heavy atom. The second kappa shape index (κ2) is 12.8. The van der Waals surface area contributed by atoms with E-state index in [9.17, 15) is 4.79 Å². The molecule has 4 aliphatic rings. The number of hydrogen-bond acceptors (Lipinski definition) is 8. The van der Waals surface area contributed by atoms with Crippen LogP contribution in [0.5, 0.6) is 0 Å². The van der Waals surface area contributed by atoms with Crippen molar-refractivity contribution >= 4 is 30.2 Å². The predicted octanol–water partition coefficient (Wildman–Crippen LogP) is 5.71. The zero-order valence-electron chi connectivity index (χ0n) is 26.4. The average molecular weight is 660 g/mol. The van der Waals surface area contributed by atoms with Gasteiger partial charge in [-0.25, -0.2) is 0 Å².